The quantitative estimate of drug-likeness (QED) is 0.0811. The Balaban J connectivity index is 1.11. The number of phenols is 1. The summed E-state index contributed by atoms with van der Waals surface area (Å²) in [5.41, 5.74) is 10.9. The molecular weight excluding hydrogens is 989 g/mol. The average Bonchev–Trinajstić information content (AvgIpc) is 4.06. The fourth-order valence-corrected chi connectivity index (χ4v) is 9.92. The zero-order valence-electron chi connectivity index (χ0n) is 43.7. The number of aliphatic hydroxyl groups excluding tert-OH is 3. The number of aliphatic hydroxyl groups is 3. The molecule has 0 aliphatic carbocycles. The van der Waals surface area contributed by atoms with Crippen LogP contribution in [-0.4, -0.2) is 158 Å². The van der Waals surface area contributed by atoms with E-state index < -0.39 is 102 Å². The molecule has 0 bridgehead atoms. The number of unbranched alkanes of at least 4 members (excludes halogenated alkanes) is 2. The largest absolute Gasteiger partial charge is 0.508 e. The molecule has 7 amide bonds. The van der Waals surface area contributed by atoms with Crippen LogP contribution in [0.1, 0.15) is 88.1 Å². The standard InChI is InChI=1S/C57H72N8O12/c1-4-5-6-28-77-44-24-20-39(21-25-44)37-14-12-36(13-15-37)38-16-18-40(19-17-38)51(70)60-45-8-7-27-59-54(73)47-29-41(58)31-64(47)56(75)49(33(2)66)63-53(72)46(26-11-35-9-22-42(68)23-10-35)61-55(74)48-30-43(69)32-65(48)57(76)50(34(3)67)62-52(45)71/h9-10,12-25,33-34,41,43,45-50,66-69H,4-8,11,26-32,58H2,1-3H3,(H,59,73)(H,60,70)(H,61,74)(H,62,71)(H,63,72)/t33?,34?,41-,43+,45+,46?,47?,48?,49?,50?/m0/s1. The van der Waals surface area contributed by atoms with Crippen molar-refractivity contribution in [1.82, 2.24) is 36.4 Å². The SMILES string of the molecule is CCCCCOc1ccc(-c2ccc(-c3ccc(C(=O)N[C@@H]4CCCNC(=O)C5C[C@H](N)CN5C(=O)C(C(C)O)NC(=O)C(CCc5ccc(O)cc5)NC(=O)C5C[C@@H](O)CN5C(=O)C(C(C)O)NC4=O)cc3)cc2)cc1. The molecule has 0 saturated carbocycles. The number of rotatable bonds is 14. The first-order valence-electron chi connectivity index (χ1n) is 26.5. The second-order valence-electron chi connectivity index (χ2n) is 20.3. The number of hydrogen-bond acceptors (Lipinski definition) is 13. The summed E-state index contributed by atoms with van der Waals surface area (Å²) in [5, 5.41) is 56.0. The summed E-state index contributed by atoms with van der Waals surface area (Å²) >= 11 is 0. The van der Waals surface area contributed by atoms with Crippen LogP contribution in [0.15, 0.2) is 97.1 Å². The lowest BCUT2D eigenvalue weighted by Gasteiger charge is -2.32. The van der Waals surface area contributed by atoms with Gasteiger partial charge < -0.3 is 67.3 Å². The first kappa shape index (κ1) is 57.3. The first-order valence-corrected chi connectivity index (χ1v) is 26.5. The minimum Gasteiger partial charge on any atom is -0.508 e. The summed E-state index contributed by atoms with van der Waals surface area (Å²) in [4.78, 5) is 101. The number of hydrogen-bond donors (Lipinski definition) is 10. The number of carbonyl (C=O) groups is 7. The minimum absolute atomic E-state index is 0.00318. The highest BCUT2D eigenvalue weighted by molar-refractivity contribution is 6.00. The van der Waals surface area contributed by atoms with Gasteiger partial charge in [-0.05, 0) is 117 Å². The summed E-state index contributed by atoms with van der Waals surface area (Å²) in [6.07, 6.45) is -1.12. The summed E-state index contributed by atoms with van der Waals surface area (Å²) in [5.74, 6) is -4.76. The van der Waals surface area contributed by atoms with Gasteiger partial charge in [0, 0.05) is 37.7 Å². The van der Waals surface area contributed by atoms with Crippen LogP contribution in [0.25, 0.3) is 22.3 Å². The molecule has 20 nitrogen and oxygen atoms in total. The number of benzene rings is 4. The predicted octanol–water partition coefficient (Wildman–Crippen LogP) is 2.04. The molecule has 77 heavy (non-hydrogen) atoms. The topological polar surface area (TPSA) is 302 Å². The van der Waals surface area contributed by atoms with Crippen LogP contribution in [0.5, 0.6) is 11.5 Å². The third-order valence-electron chi connectivity index (χ3n) is 14.3. The van der Waals surface area contributed by atoms with Gasteiger partial charge >= 0.3 is 0 Å². The fraction of sp³-hybridized carbons (Fsp3) is 0.456. The molecule has 3 aliphatic rings. The number of phenolic OH excluding ortho intramolecular Hbond substituents is 1. The lowest BCUT2D eigenvalue weighted by atomic mass is 9.99. The maximum atomic E-state index is 14.4. The third kappa shape index (κ3) is 15.0. The highest BCUT2D eigenvalue weighted by Crippen LogP contribution is 2.28. The number of nitrogens with one attached hydrogen (secondary N) is 5. The molecule has 412 valence electrons. The van der Waals surface area contributed by atoms with Crippen molar-refractivity contribution in [1.29, 1.82) is 0 Å². The maximum Gasteiger partial charge on any atom is 0.251 e. The highest BCUT2D eigenvalue weighted by Gasteiger charge is 2.46. The molecule has 20 heteroatoms. The second-order valence-corrected chi connectivity index (χ2v) is 20.3. The predicted molar refractivity (Wildman–Crippen MR) is 286 cm³/mol. The molecule has 3 aliphatic heterocycles. The molecule has 7 unspecified atom stereocenters. The Morgan fingerprint density at radius 2 is 1.25 bits per heavy atom. The summed E-state index contributed by atoms with van der Waals surface area (Å²) in [6.45, 7) is 4.87. The van der Waals surface area contributed by atoms with Crippen LogP contribution >= 0.6 is 0 Å². The molecule has 4 aromatic carbocycles. The Bertz CT molecular complexity index is 2690. The van der Waals surface area contributed by atoms with E-state index in [1.807, 2.05) is 48.5 Å². The van der Waals surface area contributed by atoms with Crippen LogP contribution in [-0.2, 0) is 35.2 Å². The zero-order valence-corrected chi connectivity index (χ0v) is 43.7. The van der Waals surface area contributed by atoms with Crippen molar-refractivity contribution >= 4 is 41.4 Å². The van der Waals surface area contributed by atoms with Crippen LogP contribution in [0.3, 0.4) is 0 Å². The summed E-state index contributed by atoms with van der Waals surface area (Å²) < 4.78 is 5.86. The van der Waals surface area contributed by atoms with Crippen LogP contribution < -0.4 is 37.1 Å². The molecule has 4 aromatic rings. The van der Waals surface area contributed by atoms with E-state index in [0.717, 1.165) is 52.2 Å². The molecule has 0 spiro atoms. The van der Waals surface area contributed by atoms with Crippen LogP contribution in [0.4, 0.5) is 0 Å². The number of nitrogens with zero attached hydrogens (tertiary/aromatic N) is 2. The van der Waals surface area contributed by atoms with Gasteiger partial charge in [0.1, 0.15) is 47.8 Å². The number of ether oxygens (including phenoxy) is 1. The lowest BCUT2D eigenvalue weighted by Crippen LogP contribution is -2.61. The normalized spacial score (nSPS) is 24.8. The molecule has 0 radical (unpaired) electrons. The van der Waals surface area contributed by atoms with E-state index in [-0.39, 0.29) is 69.5 Å². The number of amides is 7. The second kappa shape index (κ2) is 26.6. The van der Waals surface area contributed by atoms with E-state index in [2.05, 4.69) is 33.5 Å². The van der Waals surface area contributed by atoms with Crippen molar-refractivity contribution in [3.63, 3.8) is 0 Å². The molecular formula is C57H72N8O12. The minimum atomic E-state index is -1.68. The van der Waals surface area contributed by atoms with E-state index in [4.69, 9.17) is 10.5 Å². The van der Waals surface area contributed by atoms with E-state index in [1.54, 1.807) is 36.4 Å². The van der Waals surface area contributed by atoms with Crippen molar-refractivity contribution in [2.75, 3.05) is 26.2 Å². The zero-order chi connectivity index (χ0) is 55.3. The number of fused-ring (bicyclic) bond motifs is 2. The Hall–Kier alpha value is -7.39. The number of carbonyl (C=O) groups excluding carboxylic acids is 7. The maximum absolute atomic E-state index is 14.4. The van der Waals surface area contributed by atoms with Gasteiger partial charge in [0.15, 0.2) is 0 Å². The monoisotopic (exact) mass is 1060 g/mol. The van der Waals surface area contributed by atoms with E-state index in [9.17, 15) is 54.0 Å². The van der Waals surface area contributed by atoms with E-state index in [0.29, 0.717) is 12.2 Å². The molecule has 3 fully saturated rings. The Labute approximate surface area is 448 Å². The van der Waals surface area contributed by atoms with Gasteiger partial charge in [-0.2, -0.15) is 0 Å². The number of aromatic hydroxyl groups is 1. The average molecular weight is 1060 g/mol. The Morgan fingerprint density at radius 1 is 0.701 bits per heavy atom. The van der Waals surface area contributed by atoms with Crippen molar-refractivity contribution < 1.29 is 58.7 Å². The fourth-order valence-electron chi connectivity index (χ4n) is 9.92. The summed E-state index contributed by atoms with van der Waals surface area (Å²) in [6, 6.07) is 19.7. The smallest absolute Gasteiger partial charge is 0.251 e. The lowest BCUT2D eigenvalue weighted by molar-refractivity contribution is -0.145. The number of aryl methyl sites for hydroxylation is 1. The molecule has 3 saturated heterocycles. The molecule has 7 rings (SSSR count). The van der Waals surface area contributed by atoms with Gasteiger partial charge in [-0.15, -0.1) is 0 Å². The first-order chi connectivity index (χ1) is 36.9. The van der Waals surface area contributed by atoms with Crippen molar-refractivity contribution in [3.8, 4) is 33.8 Å². The van der Waals surface area contributed by atoms with E-state index >= 15 is 0 Å². The van der Waals surface area contributed by atoms with Crippen molar-refractivity contribution in [2.24, 2.45) is 5.73 Å². The third-order valence-corrected chi connectivity index (χ3v) is 14.3. The van der Waals surface area contributed by atoms with Crippen LogP contribution in [0, 0.1) is 0 Å². The Morgan fingerprint density at radius 3 is 1.83 bits per heavy atom. The summed E-state index contributed by atoms with van der Waals surface area (Å²) in [7, 11) is 0. The molecule has 3 heterocycles. The van der Waals surface area contributed by atoms with Crippen molar-refractivity contribution in [3.05, 3.63) is 108 Å². The molecule has 0 aromatic heterocycles. The van der Waals surface area contributed by atoms with Gasteiger partial charge in [-0.3, -0.25) is 33.6 Å². The Kier molecular flexibility index (Phi) is 19.8. The van der Waals surface area contributed by atoms with Gasteiger partial charge in [0.25, 0.3) is 5.91 Å². The van der Waals surface area contributed by atoms with Crippen molar-refractivity contribution in [2.45, 2.75) is 139 Å². The van der Waals surface area contributed by atoms with Gasteiger partial charge in [0.2, 0.25) is 35.4 Å². The molecule has 10 atom stereocenters. The van der Waals surface area contributed by atoms with Gasteiger partial charge in [-0.1, -0.05) is 80.4 Å². The molecule has 11 N–H and O–H groups in total. The highest BCUT2D eigenvalue weighted by atomic mass is 16.5. The number of nitrogens with two attached hydrogens (primary N) is 1. The van der Waals surface area contributed by atoms with Gasteiger partial charge in [-0.25, -0.2) is 0 Å². The van der Waals surface area contributed by atoms with Crippen LogP contribution in [0.2, 0.25) is 0 Å². The van der Waals surface area contributed by atoms with Gasteiger partial charge in [0.05, 0.1) is 24.9 Å². The van der Waals surface area contributed by atoms with E-state index in [1.165, 1.54) is 30.9 Å².